The van der Waals surface area contributed by atoms with E-state index in [1.54, 1.807) is 5.32 Å². The van der Waals surface area contributed by atoms with Crippen LogP contribution in [0.5, 0.6) is 0 Å². The molecule has 0 saturated heterocycles. The summed E-state index contributed by atoms with van der Waals surface area (Å²) in [6.45, 7) is 0. The number of primary amides is 1. The van der Waals surface area contributed by atoms with Crippen molar-refractivity contribution >= 4 is 23.8 Å². The van der Waals surface area contributed by atoms with E-state index in [2.05, 4.69) is 22.0 Å². The normalized spacial score (nSPS) is 9.67. The second-order valence-corrected chi connectivity index (χ2v) is 1.05. The van der Waals surface area contributed by atoms with E-state index in [0.29, 0.717) is 0 Å². The average Bonchev–Trinajstić information content (AvgIpc) is 1.65. The Morgan fingerprint density at radius 2 is 2.22 bits per heavy atom. The van der Waals surface area contributed by atoms with Crippen molar-refractivity contribution in [3.05, 3.63) is 0 Å². The summed E-state index contributed by atoms with van der Waals surface area (Å²) in [5, 5.41) is 11.5. The maximum absolute atomic E-state index is 9.91. The third kappa shape index (κ3) is 8.03. The smallest absolute Gasteiger partial charge is 0.845 e. The zero-order valence-electron chi connectivity index (χ0n) is 4.72. The van der Waals surface area contributed by atoms with Crippen molar-refractivity contribution in [1.29, 1.82) is 0 Å². The number of urea groups is 1. The summed E-state index contributed by atoms with van der Waals surface area (Å²) in [6, 6.07) is -1.93. The van der Waals surface area contributed by atoms with Gasteiger partial charge in [-0.05, 0) is 0 Å². The Morgan fingerprint density at radius 1 is 1.78 bits per heavy atom. The zero-order chi connectivity index (χ0) is 6.57. The molecule has 0 bridgehead atoms. The summed E-state index contributed by atoms with van der Waals surface area (Å²) >= 11 is 4.60. The fourth-order valence-corrected chi connectivity index (χ4v) is 0.169. The molecule has 0 aliphatic heterocycles. The molecule has 46 valence electrons. The van der Waals surface area contributed by atoms with Crippen molar-refractivity contribution in [2.75, 3.05) is 0 Å². The van der Waals surface area contributed by atoms with Crippen LogP contribution in [0.1, 0.15) is 0 Å². The van der Waals surface area contributed by atoms with Gasteiger partial charge in [0, 0.05) is 11.8 Å². The number of rotatable bonds is 0. The first-order valence-electron chi connectivity index (χ1n) is 1.59. The Morgan fingerprint density at radius 3 is 2.33 bits per heavy atom. The number of carbonyl (C=O) groups excluding carboxylic acids is 1. The summed E-state index contributed by atoms with van der Waals surface area (Å²) in [6.07, 6.45) is 0. The molecule has 0 aromatic heterocycles. The molecule has 0 saturated carbocycles. The van der Waals surface area contributed by atoms with E-state index < -0.39 is 12.1 Å². The van der Waals surface area contributed by atoms with Crippen LogP contribution in [0.4, 0.5) is 4.79 Å². The van der Waals surface area contributed by atoms with E-state index in [1.807, 2.05) is 0 Å². The Kier molecular flexibility index (Phi) is 8.06. The number of hydrogen-bond acceptors (Lipinski definition) is 3. The first-order chi connectivity index (χ1) is 3.66. The van der Waals surface area contributed by atoms with E-state index in [4.69, 9.17) is 0 Å². The molecule has 0 unspecified atom stereocenters. The standard InChI is InChI=1S/C2H4ClN3O2.Na/c3-6-2(8)5-1(4)7;/h(H4,4,5,6,7,8);/q;+1/p-1. The first kappa shape index (κ1) is 11.8. The van der Waals surface area contributed by atoms with E-state index in [9.17, 15) is 9.90 Å². The Bertz CT molecular complexity index is 127. The molecule has 0 fully saturated rings. The molecule has 0 aromatic carbocycles. The van der Waals surface area contributed by atoms with Gasteiger partial charge in [0.2, 0.25) is 0 Å². The molecule has 0 atom stereocenters. The predicted octanol–water partition coefficient (Wildman–Crippen LogP) is -4.47. The molecular weight excluding hydrogens is 156 g/mol. The molecule has 0 radical (unpaired) electrons. The number of nitrogens with two attached hydrogens (primary N) is 1. The number of halogens is 1. The van der Waals surface area contributed by atoms with Crippen LogP contribution in [-0.2, 0) is 0 Å². The second-order valence-electron chi connectivity index (χ2n) is 0.879. The predicted molar refractivity (Wildman–Crippen MR) is 26.0 cm³/mol. The van der Waals surface area contributed by atoms with Gasteiger partial charge in [0.1, 0.15) is 0 Å². The minimum absolute atomic E-state index is 0. The summed E-state index contributed by atoms with van der Waals surface area (Å²) in [7, 11) is 0. The Labute approximate surface area is 78.7 Å². The quantitative estimate of drug-likeness (QED) is 0.212. The first-order valence-corrected chi connectivity index (χ1v) is 1.93. The number of amides is 2. The largest absolute Gasteiger partial charge is 1.00 e. The van der Waals surface area contributed by atoms with Crippen LogP contribution in [0.2, 0.25) is 0 Å². The van der Waals surface area contributed by atoms with Gasteiger partial charge in [-0.3, -0.25) is 0 Å². The van der Waals surface area contributed by atoms with Gasteiger partial charge in [-0.2, -0.15) is 4.51 Å². The van der Waals surface area contributed by atoms with Crippen molar-refractivity contribution in [1.82, 2.24) is 5.32 Å². The SMILES string of the molecule is NC(=O)N/C([O-])=N\Cl.[Na+]. The van der Waals surface area contributed by atoms with Crippen molar-refractivity contribution in [2.24, 2.45) is 10.2 Å². The van der Waals surface area contributed by atoms with Crippen LogP contribution in [-0.4, -0.2) is 12.1 Å². The number of hydrogen-bond donors (Lipinski definition) is 2. The number of nitrogens with zero attached hydrogens (tertiary/aromatic N) is 1. The van der Waals surface area contributed by atoms with Gasteiger partial charge < -0.3 is 16.2 Å². The Hall–Kier alpha value is 0.0300. The third-order valence-electron chi connectivity index (χ3n) is 0.307. The van der Waals surface area contributed by atoms with Crippen LogP contribution in [0.3, 0.4) is 0 Å². The molecule has 7 heteroatoms. The fourth-order valence-electron chi connectivity index (χ4n) is 0.127. The molecule has 9 heavy (non-hydrogen) atoms. The maximum atomic E-state index is 9.91. The molecule has 2 amide bonds. The summed E-state index contributed by atoms with van der Waals surface area (Å²) in [5.41, 5.74) is 4.48. The van der Waals surface area contributed by atoms with Gasteiger partial charge >= 0.3 is 35.6 Å². The van der Waals surface area contributed by atoms with Crippen LogP contribution in [0.25, 0.3) is 0 Å². The Balaban J connectivity index is 0. The zero-order valence-corrected chi connectivity index (χ0v) is 7.47. The van der Waals surface area contributed by atoms with Gasteiger partial charge in [0.25, 0.3) is 0 Å². The summed E-state index contributed by atoms with van der Waals surface area (Å²) in [5.74, 6) is 0. The molecule has 0 heterocycles. The van der Waals surface area contributed by atoms with E-state index in [1.165, 1.54) is 0 Å². The minimum atomic E-state index is -0.973. The average molecular weight is 160 g/mol. The molecule has 5 nitrogen and oxygen atoms in total. The second kappa shape index (κ2) is 6.15. The van der Waals surface area contributed by atoms with Crippen molar-refractivity contribution in [3.63, 3.8) is 0 Å². The van der Waals surface area contributed by atoms with Gasteiger partial charge in [0.05, 0.1) is 6.02 Å². The monoisotopic (exact) mass is 159 g/mol. The van der Waals surface area contributed by atoms with Crippen LogP contribution >= 0.6 is 11.8 Å². The van der Waals surface area contributed by atoms with Crippen LogP contribution < -0.4 is 45.7 Å². The molecule has 0 rings (SSSR count). The molecule has 0 aliphatic carbocycles. The summed E-state index contributed by atoms with van der Waals surface area (Å²) < 4.78 is 2.55. The van der Waals surface area contributed by atoms with Crippen molar-refractivity contribution in [2.45, 2.75) is 0 Å². The summed E-state index contributed by atoms with van der Waals surface area (Å²) in [4.78, 5) is 9.74. The fraction of sp³-hybridized carbons (Fsp3) is 0. The molecular formula is C2H3ClN3NaO2. The van der Waals surface area contributed by atoms with E-state index in [-0.39, 0.29) is 29.6 Å². The molecule has 0 aromatic rings. The third-order valence-corrected chi connectivity index (χ3v) is 0.460. The molecule has 0 spiro atoms. The van der Waals surface area contributed by atoms with Gasteiger partial charge in [0.15, 0.2) is 0 Å². The number of amidine groups is 1. The minimum Gasteiger partial charge on any atom is -0.845 e. The topological polar surface area (TPSA) is 90.5 Å². The van der Waals surface area contributed by atoms with Crippen molar-refractivity contribution in [3.8, 4) is 0 Å². The molecule has 0 aliphatic rings. The van der Waals surface area contributed by atoms with Gasteiger partial charge in [-0.15, -0.1) is 0 Å². The van der Waals surface area contributed by atoms with E-state index >= 15 is 0 Å². The van der Waals surface area contributed by atoms with Crippen LogP contribution in [0.15, 0.2) is 4.51 Å². The van der Waals surface area contributed by atoms with Crippen molar-refractivity contribution < 1.29 is 39.5 Å². The molecule has 3 N–H and O–H groups in total. The maximum Gasteiger partial charge on any atom is 1.00 e. The van der Waals surface area contributed by atoms with Crippen LogP contribution in [0, 0.1) is 0 Å². The van der Waals surface area contributed by atoms with E-state index in [0.717, 1.165) is 0 Å². The number of nitrogens with one attached hydrogen (secondary N) is 1. The van der Waals surface area contributed by atoms with Gasteiger partial charge in [-0.25, -0.2) is 4.79 Å². The number of carbonyl (C=O) groups is 1. The van der Waals surface area contributed by atoms with Gasteiger partial charge in [-0.1, -0.05) is 0 Å².